The maximum atomic E-state index is 4.18. The quantitative estimate of drug-likeness (QED) is 0.759. The molecular weight excluding hydrogens is 170 g/mol. The highest BCUT2D eigenvalue weighted by Crippen LogP contribution is 2.17. The zero-order valence-electron chi connectivity index (χ0n) is 9.59. The summed E-state index contributed by atoms with van der Waals surface area (Å²) < 4.78 is 0. The topological polar surface area (TPSA) is 27.6 Å². The van der Waals surface area contributed by atoms with Gasteiger partial charge in [0.15, 0.2) is 0 Å². The van der Waals surface area contributed by atoms with Crippen molar-refractivity contribution in [2.24, 2.45) is 5.92 Å². The van der Waals surface area contributed by atoms with E-state index in [1.807, 2.05) is 0 Å². The van der Waals surface area contributed by atoms with Crippen molar-refractivity contribution in [2.45, 2.75) is 39.7 Å². The van der Waals surface area contributed by atoms with Crippen molar-refractivity contribution in [3.63, 3.8) is 0 Å². The highest BCUT2D eigenvalue weighted by atomic mass is 14.6. The molecule has 1 atom stereocenters. The van der Waals surface area contributed by atoms with Gasteiger partial charge in [0.25, 0.3) is 0 Å². The third kappa shape index (κ3) is 2.85. The van der Waals surface area contributed by atoms with E-state index in [0.29, 0.717) is 12.0 Å². The van der Waals surface area contributed by atoms with Gasteiger partial charge in [0.1, 0.15) is 6.04 Å². The van der Waals surface area contributed by atoms with Gasteiger partial charge in [-0.15, -0.1) is 0 Å². The molecule has 3 N–H and O–H groups in total. The Labute approximate surface area is 87.3 Å². The molecule has 1 nitrogen and oxygen atoms in total. The summed E-state index contributed by atoms with van der Waals surface area (Å²) in [6, 6.07) is 9.34. The number of aryl methyl sites for hydroxylation is 1. The average molecular weight is 192 g/mol. The third-order valence-corrected chi connectivity index (χ3v) is 2.75. The summed E-state index contributed by atoms with van der Waals surface area (Å²) >= 11 is 0. The van der Waals surface area contributed by atoms with E-state index in [9.17, 15) is 0 Å². The van der Waals surface area contributed by atoms with Gasteiger partial charge in [0.05, 0.1) is 0 Å². The van der Waals surface area contributed by atoms with Crippen LogP contribution < -0.4 is 5.73 Å². The van der Waals surface area contributed by atoms with Gasteiger partial charge < -0.3 is 5.73 Å². The predicted octanol–water partition coefficient (Wildman–Crippen LogP) is 2.58. The van der Waals surface area contributed by atoms with Crippen LogP contribution in [-0.4, -0.2) is 0 Å². The molecule has 78 valence electrons. The lowest BCUT2D eigenvalue weighted by Crippen LogP contribution is -2.55. The third-order valence-electron chi connectivity index (χ3n) is 2.75. The molecule has 1 aromatic rings. The number of benzene rings is 1. The Hall–Kier alpha value is -0.820. The molecule has 0 unspecified atom stereocenters. The summed E-state index contributed by atoms with van der Waals surface area (Å²) in [5.41, 5.74) is 6.98. The van der Waals surface area contributed by atoms with Crippen molar-refractivity contribution in [1.82, 2.24) is 0 Å². The first kappa shape index (κ1) is 11.3. The SMILES string of the molecule is CCCc1ccc([C@@H]([NH3+])C(C)C)cc1. The molecule has 0 heterocycles. The first-order valence-electron chi connectivity index (χ1n) is 5.57. The first-order chi connectivity index (χ1) is 6.65. The van der Waals surface area contributed by atoms with Crippen molar-refractivity contribution in [2.75, 3.05) is 0 Å². The molecule has 0 aliphatic carbocycles. The van der Waals surface area contributed by atoms with Gasteiger partial charge in [-0.3, -0.25) is 0 Å². The monoisotopic (exact) mass is 192 g/mol. The van der Waals surface area contributed by atoms with Crippen LogP contribution >= 0.6 is 0 Å². The minimum Gasteiger partial charge on any atom is -0.351 e. The number of hydrogen-bond acceptors (Lipinski definition) is 0. The predicted molar refractivity (Wildman–Crippen MR) is 60.9 cm³/mol. The van der Waals surface area contributed by atoms with E-state index in [-0.39, 0.29) is 0 Å². The molecule has 0 aliphatic rings. The lowest BCUT2D eigenvalue weighted by molar-refractivity contribution is -0.438. The highest BCUT2D eigenvalue weighted by Gasteiger charge is 2.13. The summed E-state index contributed by atoms with van der Waals surface area (Å²) in [6.07, 6.45) is 2.40. The average Bonchev–Trinajstić information content (AvgIpc) is 2.18. The van der Waals surface area contributed by atoms with E-state index in [1.54, 1.807) is 0 Å². The first-order valence-corrected chi connectivity index (χ1v) is 5.57. The molecule has 0 amide bonds. The van der Waals surface area contributed by atoms with E-state index in [4.69, 9.17) is 0 Å². The summed E-state index contributed by atoms with van der Waals surface area (Å²) in [6.45, 7) is 6.65. The lowest BCUT2D eigenvalue weighted by Gasteiger charge is -2.12. The van der Waals surface area contributed by atoms with Gasteiger partial charge in [-0.1, -0.05) is 51.5 Å². The minimum atomic E-state index is 0.422. The number of quaternary nitrogens is 1. The molecule has 0 aliphatic heterocycles. The van der Waals surface area contributed by atoms with Crippen molar-refractivity contribution in [3.8, 4) is 0 Å². The maximum Gasteiger partial charge on any atom is 0.112 e. The lowest BCUT2D eigenvalue weighted by atomic mass is 9.96. The Balaban J connectivity index is 2.72. The van der Waals surface area contributed by atoms with Gasteiger partial charge in [0.2, 0.25) is 0 Å². The Bertz CT molecular complexity index is 261. The smallest absolute Gasteiger partial charge is 0.112 e. The normalized spacial score (nSPS) is 13.2. The molecule has 0 saturated carbocycles. The van der Waals surface area contributed by atoms with Crippen LogP contribution in [-0.2, 0) is 6.42 Å². The second-order valence-electron chi connectivity index (χ2n) is 4.34. The largest absolute Gasteiger partial charge is 0.351 e. The van der Waals surface area contributed by atoms with Gasteiger partial charge in [-0.25, -0.2) is 0 Å². The summed E-state index contributed by atoms with van der Waals surface area (Å²) in [7, 11) is 0. The van der Waals surface area contributed by atoms with E-state index in [0.717, 1.165) is 0 Å². The molecule has 1 heteroatoms. The second-order valence-corrected chi connectivity index (χ2v) is 4.34. The molecule has 1 aromatic carbocycles. The molecule has 0 radical (unpaired) electrons. The maximum absolute atomic E-state index is 4.18. The number of hydrogen-bond donors (Lipinski definition) is 1. The van der Waals surface area contributed by atoms with Crippen LogP contribution in [0.3, 0.4) is 0 Å². The van der Waals surface area contributed by atoms with E-state index in [1.165, 1.54) is 24.0 Å². The Morgan fingerprint density at radius 1 is 1.14 bits per heavy atom. The van der Waals surface area contributed by atoms with Gasteiger partial charge in [-0.2, -0.15) is 0 Å². The fourth-order valence-corrected chi connectivity index (χ4v) is 1.61. The van der Waals surface area contributed by atoms with E-state index >= 15 is 0 Å². The molecule has 1 rings (SSSR count). The molecule has 0 bridgehead atoms. The molecule has 0 fully saturated rings. The molecule has 0 aromatic heterocycles. The zero-order chi connectivity index (χ0) is 10.6. The highest BCUT2D eigenvalue weighted by molar-refractivity contribution is 5.24. The van der Waals surface area contributed by atoms with Crippen LogP contribution in [0.2, 0.25) is 0 Å². The Morgan fingerprint density at radius 3 is 2.14 bits per heavy atom. The molecule has 0 saturated heterocycles. The van der Waals surface area contributed by atoms with Crippen molar-refractivity contribution in [3.05, 3.63) is 35.4 Å². The van der Waals surface area contributed by atoms with Gasteiger partial charge in [0, 0.05) is 11.5 Å². The Kier molecular flexibility index (Phi) is 4.15. The van der Waals surface area contributed by atoms with Crippen LogP contribution in [0.5, 0.6) is 0 Å². The molecule has 0 spiro atoms. The van der Waals surface area contributed by atoms with Crippen LogP contribution in [0.4, 0.5) is 0 Å². The van der Waals surface area contributed by atoms with E-state index in [2.05, 4.69) is 50.8 Å². The standard InChI is InChI=1S/C13H21N/c1-4-5-11-6-8-12(9-7-11)13(14)10(2)3/h6-10,13H,4-5,14H2,1-3H3/p+1/t13-/m0/s1. The van der Waals surface area contributed by atoms with Gasteiger partial charge >= 0.3 is 0 Å². The summed E-state index contributed by atoms with van der Waals surface area (Å²) in [5, 5.41) is 0. The minimum absolute atomic E-state index is 0.422. The fourth-order valence-electron chi connectivity index (χ4n) is 1.61. The van der Waals surface area contributed by atoms with Crippen LogP contribution in [0, 0.1) is 5.92 Å². The molecule has 14 heavy (non-hydrogen) atoms. The molecular formula is C13H22N+. The number of rotatable bonds is 4. The van der Waals surface area contributed by atoms with Crippen molar-refractivity contribution >= 4 is 0 Å². The van der Waals surface area contributed by atoms with Crippen LogP contribution in [0.1, 0.15) is 44.4 Å². The van der Waals surface area contributed by atoms with Gasteiger partial charge in [-0.05, 0) is 12.0 Å². The Morgan fingerprint density at radius 2 is 1.71 bits per heavy atom. The summed E-state index contributed by atoms with van der Waals surface area (Å²) in [4.78, 5) is 0. The summed E-state index contributed by atoms with van der Waals surface area (Å²) in [5.74, 6) is 0.618. The zero-order valence-corrected chi connectivity index (χ0v) is 9.59. The van der Waals surface area contributed by atoms with Crippen molar-refractivity contribution in [1.29, 1.82) is 0 Å². The fraction of sp³-hybridized carbons (Fsp3) is 0.538. The van der Waals surface area contributed by atoms with Crippen molar-refractivity contribution < 1.29 is 5.73 Å². The van der Waals surface area contributed by atoms with Crippen LogP contribution in [0.15, 0.2) is 24.3 Å². The van der Waals surface area contributed by atoms with E-state index < -0.39 is 0 Å². The van der Waals surface area contributed by atoms with Crippen LogP contribution in [0.25, 0.3) is 0 Å². The second kappa shape index (κ2) is 5.16.